The van der Waals surface area contributed by atoms with E-state index in [2.05, 4.69) is 10.4 Å². The minimum atomic E-state index is -0.00941. The summed E-state index contributed by atoms with van der Waals surface area (Å²) in [7, 11) is 5.34. The van der Waals surface area contributed by atoms with E-state index >= 15 is 0 Å². The second kappa shape index (κ2) is 4.91. The summed E-state index contributed by atoms with van der Waals surface area (Å²) in [6.45, 7) is 0. The van der Waals surface area contributed by atoms with Crippen LogP contribution in [0.5, 0.6) is 0 Å². The third-order valence-corrected chi connectivity index (χ3v) is 2.51. The Hall–Kier alpha value is -2.30. The molecule has 0 fully saturated rings. The van der Waals surface area contributed by atoms with Crippen LogP contribution in [0.2, 0.25) is 0 Å². The number of benzene rings is 1. The lowest BCUT2D eigenvalue weighted by molar-refractivity contribution is 0.0827. The number of nitrogens with one attached hydrogen (secondary N) is 1. The highest BCUT2D eigenvalue weighted by Crippen LogP contribution is 2.17. The molecular weight excluding hydrogens is 228 g/mol. The first-order valence-electron chi connectivity index (χ1n) is 5.63. The van der Waals surface area contributed by atoms with Gasteiger partial charge < -0.3 is 10.2 Å². The molecule has 1 aromatic carbocycles. The topological polar surface area (TPSA) is 50.2 Å². The Morgan fingerprint density at radius 1 is 1.33 bits per heavy atom. The van der Waals surface area contributed by atoms with Crippen LogP contribution in [-0.4, -0.2) is 34.7 Å². The van der Waals surface area contributed by atoms with E-state index < -0.39 is 0 Å². The third-order valence-electron chi connectivity index (χ3n) is 2.51. The van der Waals surface area contributed by atoms with Crippen molar-refractivity contribution in [1.82, 2.24) is 14.7 Å². The van der Waals surface area contributed by atoms with E-state index in [-0.39, 0.29) is 5.91 Å². The Labute approximate surface area is 106 Å². The van der Waals surface area contributed by atoms with Crippen molar-refractivity contribution in [3.8, 4) is 0 Å². The fourth-order valence-corrected chi connectivity index (χ4v) is 1.64. The molecule has 0 bridgehead atoms. The maximum absolute atomic E-state index is 11.8. The van der Waals surface area contributed by atoms with Crippen LogP contribution >= 0.6 is 0 Å². The highest BCUT2D eigenvalue weighted by molar-refractivity contribution is 5.94. The van der Waals surface area contributed by atoms with Gasteiger partial charge in [-0.05, 0) is 18.2 Å². The van der Waals surface area contributed by atoms with Crippen molar-refractivity contribution in [1.29, 1.82) is 0 Å². The van der Waals surface area contributed by atoms with Crippen molar-refractivity contribution in [2.75, 3.05) is 19.4 Å². The summed E-state index contributed by atoms with van der Waals surface area (Å²) >= 11 is 0. The van der Waals surface area contributed by atoms with Gasteiger partial charge in [0.15, 0.2) is 0 Å². The molecule has 0 aliphatic carbocycles. The second-order valence-corrected chi connectivity index (χ2v) is 4.31. The molecule has 0 aliphatic heterocycles. The zero-order valence-corrected chi connectivity index (χ0v) is 10.7. The quantitative estimate of drug-likeness (QED) is 0.896. The summed E-state index contributed by atoms with van der Waals surface area (Å²) in [5, 5.41) is 7.28. The monoisotopic (exact) mass is 244 g/mol. The summed E-state index contributed by atoms with van der Waals surface area (Å²) < 4.78 is 1.72. The first-order valence-corrected chi connectivity index (χ1v) is 5.63. The first kappa shape index (κ1) is 12.2. The van der Waals surface area contributed by atoms with E-state index in [4.69, 9.17) is 0 Å². The average Bonchev–Trinajstić information content (AvgIpc) is 2.74. The molecule has 0 atom stereocenters. The number of aromatic nitrogens is 2. The Balaban J connectivity index is 2.19. The summed E-state index contributed by atoms with van der Waals surface area (Å²) in [4.78, 5) is 13.4. The van der Waals surface area contributed by atoms with E-state index in [1.165, 1.54) is 0 Å². The Bertz CT molecular complexity index is 560. The highest BCUT2D eigenvalue weighted by Gasteiger charge is 2.08. The molecule has 1 N–H and O–H groups in total. The molecule has 0 spiro atoms. The maximum atomic E-state index is 11.8. The number of aryl methyl sites for hydroxylation is 1. The van der Waals surface area contributed by atoms with Crippen molar-refractivity contribution in [3.63, 3.8) is 0 Å². The van der Waals surface area contributed by atoms with Crippen LogP contribution in [-0.2, 0) is 7.05 Å². The minimum absolute atomic E-state index is 0.00941. The Kier molecular flexibility index (Phi) is 3.32. The molecule has 1 amide bonds. The van der Waals surface area contributed by atoms with Gasteiger partial charge >= 0.3 is 0 Å². The smallest absolute Gasteiger partial charge is 0.253 e. The molecule has 5 nitrogen and oxygen atoms in total. The lowest BCUT2D eigenvalue weighted by Crippen LogP contribution is -2.21. The van der Waals surface area contributed by atoms with Gasteiger partial charge in [0.1, 0.15) is 0 Å². The number of carbonyl (C=O) groups is 1. The van der Waals surface area contributed by atoms with Gasteiger partial charge in [-0.25, -0.2) is 0 Å². The van der Waals surface area contributed by atoms with Crippen molar-refractivity contribution >= 4 is 17.3 Å². The number of hydrogen-bond acceptors (Lipinski definition) is 3. The van der Waals surface area contributed by atoms with Gasteiger partial charge in [-0.3, -0.25) is 9.48 Å². The van der Waals surface area contributed by atoms with Crippen molar-refractivity contribution in [3.05, 3.63) is 42.2 Å². The van der Waals surface area contributed by atoms with Crippen LogP contribution in [0.15, 0.2) is 36.7 Å². The van der Waals surface area contributed by atoms with E-state index in [9.17, 15) is 4.79 Å². The van der Waals surface area contributed by atoms with Crippen LogP contribution in [0.25, 0.3) is 0 Å². The fourth-order valence-electron chi connectivity index (χ4n) is 1.64. The van der Waals surface area contributed by atoms with Gasteiger partial charge in [-0.2, -0.15) is 5.10 Å². The Morgan fingerprint density at radius 2 is 2.11 bits per heavy atom. The third kappa shape index (κ3) is 2.68. The molecule has 0 saturated heterocycles. The van der Waals surface area contributed by atoms with E-state index in [0.717, 1.165) is 11.4 Å². The standard InChI is InChI=1S/C13H16N4O/c1-16(2)13(18)10-5-4-6-11(7-10)15-12-8-14-17(3)9-12/h4-9,15H,1-3H3. The van der Waals surface area contributed by atoms with E-state index in [1.54, 1.807) is 35.9 Å². The number of hydrogen-bond donors (Lipinski definition) is 1. The zero-order chi connectivity index (χ0) is 13.1. The summed E-state index contributed by atoms with van der Waals surface area (Å²) in [5.41, 5.74) is 2.43. The van der Waals surface area contributed by atoms with Crippen LogP contribution in [0.1, 0.15) is 10.4 Å². The Morgan fingerprint density at radius 3 is 2.72 bits per heavy atom. The van der Waals surface area contributed by atoms with Gasteiger partial charge in [-0.15, -0.1) is 0 Å². The summed E-state index contributed by atoms with van der Waals surface area (Å²) in [6, 6.07) is 7.40. The summed E-state index contributed by atoms with van der Waals surface area (Å²) in [5.74, 6) is -0.00941. The first-order chi connectivity index (χ1) is 8.56. The SMILES string of the molecule is CN(C)C(=O)c1cccc(Nc2cnn(C)c2)c1. The zero-order valence-electron chi connectivity index (χ0n) is 10.7. The molecular formula is C13H16N4O. The summed E-state index contributed by atoms with van der Waals surface area (Å²) in [6.07, 6.45) is 3.61. The van der Waals surface area contributed by atoms with Crippen LogP contribution < -0.4 is 5.32 Å². The highest BCUT2D eigenvalue weighted by atomic mass is 16.2. The molecule has 0 saturated carbocycles. The molecule has 2 rings (SSSR count). The number of carbonyl (C=O) groups excluding carboxylic acids is 1. The predicted octanol–water partition coefficient (Wildman–Crippen LogP) is 1.87. The average molecular weight is 244 g/mol. The molecule has 1 aromatic heterocycles. The van der Waals surface area contributed by atoms with Crippen LogP contribution in [0.4, 0.5) is 11.4 Å². The second-order valence-electron chi connectivity index (χ2n) is 4.31. The van der Waals surface area contributed by atoms with Crippen molar-refractivity contribution in [2.45, 2.75) is 0 Å². The number of nitrogens with zero attached hydrogens (tertiary/aromatic N) is 3. The van der Waals surface area contributed by atoms with Crippen LogP contribution in [0.3, 0.4) is 0 Å². The minimum Gasteiger partial charge on any atom is -0.353 e. The van der Waals surface area contributed by atoms with Gasteiger partial charge in [0.05, 0.1) is 11.9 Å². The molecule has 94 valence electrons. The predicted molar refractivity (Wildman–Crippen MR) is 71.0 cm³/mol. The molecule has 5 heteroatoms. The molecule has 0 unspecified atom stereocenters. The largest absolute Gasteiger partial charge is 0.353 e. The number of anilines is 2. The normalized spacial score (nSPS) is 10.2. The van der Waals surface area contributed by atoms with Crippen molar-refractivity contribution in [2.24, 2.45) is 7.05 Å². The molecule has 2 aromatic rings. The fraction of sp³-hybridized carbons (Fsp3) is 0.231. The van der Waals surface area contributed by atoms with Gasteiger partial charge in [0.25, 0.3) is 5.91 Å². The van der Waals surface area contributed by atoms with Crippen LogP contribution in [0, 0.1) is 0 Å². The van der Waals surface area contributed by atoms with E-state index in [0.29, 0.717) is 5.56 Å². The van der Waals surface area contributed by atoms with Gasteiger partial charge in [-0.1, -0.05) is 6.07 Å². The van der Waals surface area contributed by atoms with E-state index in [1.807, 2.05) is 31.4 Å². The molecule has 18 heavy (non-hydrogen) atoms. The molecule has 1 heterocycles. The number of rotatable bonds is 3. The van der Waals surface area contributed by atoms with Gasteiger partial charge in [0, 0.05) is 38.6 Å². The lowest BCUT2D eigenvalue weighted by atomic mass is 10.2. The van der Waals surface area contributed by atoms with Gasteiger partial charge in [0.2, 0.25) is 0 Å². The lowest BCUT2D eigenvalue weighted by Gasteiger charge is -2.11. The number of amides is 1. The van der Waals surface area contributed by atoms with Crippen molar-refractivity contribution < 1.29 is 4.79 Å². The molecule has 0 radical (unpaired) electrons. The molecule has 0 aliphatic rings. The maximum Gasteiger partial charge on any atom is 0.253 e.